The Morgan fingerprint density at radius 3 is 2.48 bits per heavy atom. The summed E-state index contributed by atoms with van der Waals surface area (Å²) in [7, 11) is 0. The van der Waals surface area contributed by atoms with Gasteiger partial charge in [0, 0.05) is 30.4 Å². The summed E-state index contributed by atoms with van der Waals surface area (Å²) in [5.41, 5.74) is 5.05. The topological polar surface area (TPSA) is 75.9 Å². The molecule has 2 heterocycles. The monoisotopic (exact) mass is 388 g/mol. The number of carbonyl (C=O) groups is 1. The van der Waals surface area contributed by atoms with Crippen LogP contribution in [0.1, 0.15) is 40.7 Å². The van der Waals surface area contributed by atoms with E-state index < -0.39 is 0 Å². The Bertz CT molecular complexity index is 995. The molecule has 5 rings (SSSR count). The summed E-state index contributed by atoms with van der Waals surface area (Å²) in [4.78, 5) is 15.3. The molecular weight excluding hydrogens is 364 g/mol. The van der Waals surface area contributed by atoms with Crippen LogP contribution < -0.4 is 5.32 Å². The van der Waals surface area contributed by atoms with Gasteiger partial charge in [0.05, 0.1) is 5.69 Å². The number of nitrogens with one attached hydrogen (secondary N) is 1. The third-order valence-corrected chi connectivity index (χ3v) is 6.13. The van der Waals surface area contributed by atoms with E-state index in [0.29, 0.717) is 5.56 Å². The molecule has 0 spiro atoms. The summed E-state index contributed by atoms with van der Waals surface area (Å²) in [6.45, 7) is 2.27. The number of nitrogens with zero attached hydrogens (tertiary/aromatic N) is 5. The minimum absolute atomic E-state index is 0.113. The van der Waals surface area contributed by atoms with Gasteiger partial charge < -0.3 is 5.32 Å². The summed E-state index contributed by atoms with van der Waals surface area (Å²) in [5, 5.41) is 14.1. The van der Waals surface area contributed by atoms with Crippen LogP contribution in [0.5, 0.6) is 0 Å². The molecule has 1 fully saturated rings. The highest BCUT2D eigenvalue weighted by Gasteiger charge is 2.26. The van der Waals surface area contributed by atoms with Gasteiger partial charge in [0.25, 0.3) is 5.91 Å². The second kappa shape index (κ2) is 7.75. The van der Waals surface area contributed by atoms with Gasteiger partial charge in [-0.15, -0.1) is 5.10 Å². The maximum absolute atomic E-state index is 12.7. The minimum Gasteiger partial charge on any atom is -0.322 e. The zero-order chi connectivity index (χ0) is 19.6. The first-order chi connectivity index (χ1) is 14.3. The molecule has 0 radical (unpaired) electrons. The zero-order valence-corrected chi connectivity index (χ0v) is 16.3. The fourth-order valence-electron chi connectivity index (χ4n) is 4.19. The van der Waals surface area contributed by atoms with Crippen molar-refractivity contribution in [3.63, 3.8) is 0 Å². The van der Waals surface area contributed by atoms with Gasteiger partial charge in [-0.25, -0.2) is 4.68 Å². The maximum Gasteiger partial charge on any atom is 0.255 e. The molecule has 0 atom stereocenters. The lowest BCUT2D eigenvalue weighted by Gasteiger charge is -2.36. The second-order valence-electron chi connectivity index (χ2n) is 7.86. The van der Waals surface area contributed by atoms with Crippen molar-refractivity contribution in [2.75, 3.05) is 18.4 Å². The third-order valence-electron chi connectivity index (χ3n) is 6.13. The number of carbonyl (C=O) groups excluding carboxylic acids is 1. The third kappa shape index (κ3) is 3.78. The molecule has 0 bridgehead atoms. The molecule has 7 nitrogen and oxygen atoms in total. The lowest BCUT2D eigenvalue weighted by Crippen LogP contribution is -2.41. The van der Waals surface area contributed by atoms with Crippen LogP contribution in [0.4, 0.5) is 5.69 Å². The number of hydrogen-bond acceptors (Lipinski definition) is 5. The van der Waals surface area contributed by atoms with Crippen molar-refractivity contribution in [3.05, 3.63) is 65.5 Å². The summed E-state index contributed by atoms with van der Waals surface area (Å²) in [6.07, 6.45) is 7.75. The number of fused-ring (bicyclic) bond motifs is 1. The molecule has 3 aromatic rings. The van der Waals surface area contributed by atoms with Crippen molar-refractivity contribution in [2.24, 2.45) is 0 Å². The summed E-state index contributed by atoms with van der Waals surface area (Å²) in [5.74, 6) is -0.113. The van der Waals surface area contributed by atoms with E-state index >= 15 is 0 Å². The molecule has 0 unspecified atom stereocenters. The van der Waals surface area contributed by atoms with E-state index in [1.807, 2.05) is 18.2 Å². The molecule has 29 heavy (non-hydrogen) atoms. The maximum atomic E-state index is 12.7. The molecular formula is C22H24N6O. The fourth-order valence-corrected chi connectivity index (χ4v) is 4.19. The highest BCUT2D eigenvalue weighted by molar-refractivity contribution is 6.04. The second-order valence-corrected chi connectivity index (χ2v) is 7.86. The Morgan fingerprint density at radius 1 is 1.00 bits per heavy atom. The van der Waals surface area contributed by atoms with Crippen LogP contribution in [0.3, 0.4) is 0 Å². The Morgan fingerprint density at radius 2 is 1.79 bits per heavy atom. The van der Waals surface area contributed by atoms with Crippen LogP contribution >= 0.6 is 0 Å². The van der Waals surface area contributed by atoms with E-state index in [-0.39, 0.29) is 5.91 Å². The Labute approximate surface area is 169 Å². The number of aromatic nitrogens is 4. The van der Waals surface area contributed by atoms with Crippen molar-refractivity contribution < 1.29 is 4.79 Å². The molecule has 1 aromatic heterocycles. The zero-order valence-electron chi connectivity index (χ0n) is 16.3. The number of tetrazole rings is 1. The molecule has 1 aliphatic heterocycles. The predicted molar refractivity (Wildman–Crippen MR) is 110 cm³/mol. The smallest absolute Gasteiger partial charge is 0.255 e. The van der Waals surface area contributed by atoms with Crippen LogP contribution in [0.25, 0.3) is 5.69 Å². The van der Waals surface area contributed by atoms with Crippen LogP contribution in [-0.4, -0.2) is 50.1 Å². The first kappa shape index (κ1) is 18.0. The van der Waals surface area contributed by atoms with Gasteiger partial charge in [-0.3, -0.25) is 9.69 Å². The number of benzene rings is 2. The molecule has 2 aromatic carbocycles. The quantitative estimate of drug-likeness (QED) is 0.744. The van der Waals surface area contributed by atoms with Crippen molar-refractivity contribution in [1.29, 1.82) is 0 Å². The minimum atomic E-state index is -0.113. The van der Waals surface area contributed by atoms with E-state index in [2.05, 4.69) is 37.9 Å². The first-order valence-electron chi connectivity index (χ1n) is 10.3. The van der Waals surface area contributed by atoms with Gasteiger partial charge in [0.15, 0.2) is 0 Å². The van der Waals surface area contributed by atoms with Gasteiger partial charge in [-0.1, -0.05) is 12.5 Å². The molecule has 2 aliphatic rings. The fraction of sp³-hybridized carbons (Fsp3) is 0.364. The van der Waals surface area contributed by atoms with Gasteiger partial charge >= 0.3 is 0 Å². The SMILES string of the molecule is O=C(Nc1ccc2c(c1)CCN(C1CCC1)CC2)c1ccc(-n2cnnn2)cc1. The standard InChI is InChI=1S/C22H24N6O/c29-22(17-5-8-21(9-6-17)28-15-23-25-26-28)24-19-7-4-16-10-12-27(20-2-1-3-20)13-11-18(16)14-19/h4-9,14-15,20H,1-3,10-13H2,(H,24,29). The van der Waals surface area contributed by atoms with E-state index in [4.69, 9.17) is 0 Å². The van der Waals surface area contributed by atoms with Crippen LogP contribution in [0.2, 0.25) is 0 Å². The number of hydrogen-bond donors (Lipinski definition) is 1. The molecule has 1 aliphatic carbocycles. The van der Waals surface area contributed by atoms with Crippen molar-refractivity contribution in [1.82, 2.24) is 25.1 Å². The summed E-state index contributed by atoms with van der Waals surface area (Å²) < 4.78 is 1.56. The highest BCUT2D eigenvalue weighted by Crippen LogP contribution is 2.28. The van der Waals surface area contributed by atoms with E-state index in [1.165, 1.54) is 36.7 Å². The normalized spacial score (nSPS) is 17.2. The van der Waals surface area contributed by atoms with E-state index in [0.717, 1.165) is 43.3 Å². The Balaban J connectivity index is 1.26. The van der Waals surface area contributed by atoms with Crippen LogP contribution in [-0.2, 0) is 12.8 Å². The Kier molecular flexibility index (Phi) is 4.81. The number of anilines is 1. The molecule has 1 saturated carbocycles. The molecule has 1 N–H and O–H groups in total. The Hall–Kier alpha value is -3.06. The summed E-state index contributed by atoms with van der Waals surface area (Å²) in [6, 6.07) is 14.4. The van der Waals surface area contributed by atoms with Crippen molar-refractivity contribution in [3.8, 4) is 5.69 Å². The predicted octanol–water partition coefficient (Wildman–Crippen LogP) is 2.87. The molecule has 148 valence electrons. The van der Waals surface area contributed by atoms with E-state index in [9.17, 15) is 4.79 Å². The van der Waals surface area contributed by atoms with Crippen LogP contribution in [0.15, 0.2) is 48.8 Å². The van der Waals surface area contributed by atoms with Gasteiger partial charge in [0.2, 0.25) is 0 Å². The average Bonchev–Trinajstić information content (AvgIpc) is 3.17. The van der Waals surface area contributed by atoms with Crippen molar-refractivity contribution in [2.45, 2.75) is 38.1 Å². The molecule has 7 heteroatoms. The highest BCUT2D eigenvalue weighted by atomic mass is 16.1. The number of rotatable bonds is 4. The molecule has 1 amide bonds. The largest absolute Gasteiger partial charge is 0.322 e. The van der Waals surface area contributed by atoms with Crippen LogP contribution in [0, 0.1) is 0 Å². The van der Waals surface area contributed by atoms with Gasteiger partial charge in [0.1, 0.15) is 6.33 Å². The number of amides is 1. The lowest BCUT2D eigenvalue weighted by molar-refractivity contribution is 0.102. The summed E-state index contributed by atoms with van der Waals surface area (Å²) >= 11 is 0. The average molecular weight is 388 g/mol. The van der Waals surface area contributed by atoms with E-state index in [1.54, 1.807) is 16.8 Å². The van der Waals surface area contributed by atoms with Gasteiger partial charge in [-0.2, -0.15) is 0 Å². The lowest BCUT2D eigenvalue weighted by atomic mass is 9.91. The molecule has 0 saturated heterocycles. The first-order valence-corrected chi connectivity index (χ1v) is 10.3. The van der Waals surface area contributed by atoms with Crippen molar-refractivity contribution >= 4 is 11.6 Å². The van der Waals surface area contributed by atoms with Gasteiger partial charge in [-0.05, 0) is 83.6 Å².